The van der Waals surface area contributed by atoms with E-state index in [1.165, 1.54) is 33.4 Å². The van der Waals surface area contributed by atoms with E-state index in [1.54, 1.807) is 0 Å². The number of anilines is 1. The van der Waals surface area contributed by atoms with Crippen molar-refractivity contribution in [1.82, 2.24) is 0 Å². The predicted octanol–water partition coefficient (Wildman–Crippen LogP) is 6.91. The quantitative estimate of drug-likeness (QED) is 0.390. The minimum absolute atomic E-state index is 0.808. The first-order valence-electron chi connectivity index (χ1n) is 9.16. The van der Waals surface area contributed by atoms with Gasteiger partial charge in [-0.2, -0.15) is 0 Å². The average molecular weight is 351 g/mol. The van der Waals surface area contributed by atoms with Crippen molar-refractivity contribution in [3.05, 3.63) is 114 Å². The van der Waals surface area contributed by atoms with Crippen LogP contribution in [0.15, 0.2) is 103 Å². The monoisotopic (exact) mass is 351 g/mol. The predicted molar refractivity (Wildman–Crippen MR) is 118 cm³/mol. The number of rotatable bonds is 2. The Bertz CT molecular complexity index is 969. The Morgan fingerprint density at radius 3 is 1.41 bits per heavy atom. The number of hydrogen-bond acceptors (Lipinski definition) is 1. The van der Waals surface area contributed by atoms with Gasteiger partial charge in [0.2, 0.25) is 0 Å². The zero-order valence-corrected chi connectivity index (χ0v) is 15.9. The minimum Gasteiger partial charge on any atom is -0.399 e. The molecule has 0 saturated carbocycles. The summed E-state index contributed by atoms with van der Waals surface area (Å²) in [7, 11) is 0. The Kier molecular flexibility index (Phi) is 6.06. The molecular weight excluding hydrogens is 326 g/mol. The highest BCUT2D eigenvalue weighted by Crippen LogP contribution is 2.21. The molecule has 134 valence electrons. The van der Waals surface area contributed by atoms with Gasteiger partial charge >= 0.3 is 0 Å². The summed E-state index contributed by atoms with van der Waals surface area (Å²) in [6.45, 7) is 4.19. The van der Waals surface area contributed by atoms with Gasteiger partial charge in [-0.3, -0.25) is 0 Å². The normalized spacial score (nSPS) is 10.0. The van der Waals surface area contributed by atoms with Crippen LogP contribution < -0.4 is 5.73 Å². The maximum atomic E-state index is 5.73. The zero-order chi connectivity index (χ0) is 19.1. The number of nitrogens with two attached hydrogens (primary N) is 1. The lowest BCUT2D eigenvalue weighted by Crippen LogP contribution is -1.84. The second kappa shape index (κ2) is 8.86. The minimum atomic E-state index is 0.808. The van der Waals surface area contributed by atoms with Crippen LogP contribution in [-0.4, -0.2) is 0 Å². The average Bonchev–Trinajstić information content (AvgIpc) is 2.70. The highest BCUT2D eigenvalue weighted by Gasteiger charge is 1.96. The van der Waals surface area contributed by atoms with Crippen molar-refractivity contribution in [1.29, 1.82) is 0 Å². The van der Waals surface area contributed by atoms with E-state index in [1.807, 2.05) is 24.3 Å². The molecule has 27 heavy (non-hydrogen) atoms. The summed E-state index contributed by atoms with van der Waals surface area (Å²) >= 11 is 0. The van der Waals surface area contributed by atoms with Crippen LogP contribution in [0, 0.1) is 13.8 Å². The van der Waals surface area contributed by atoms with Crippen LogP contribution in [0.4, 0.5) is 5.69 Å². The highest BCUT2D eigenvalue weighted by molar-refractivity contribution is 5.67. The number of aryl methyl sites for hydroxylation is 2. The molecule has 1 heteroatoms. The van der Waals surface area contributed by atoms with Crippen molar-refractivity contribution in [3.63, 3.8) is 0 Å². The van der Waals surface area contributed by atoms with Crippen molar-refractivity contribution < 1.29 is 0 Å². The van der Waals surface area contributed by atoms with Crippen LogP contribution in [0.2, 0.25) is 0 Å². The fraction of sp³-hybridized carbons (Fsp3) is 0.0769. The molecule has 2 N–H and O–H groups in total. The van der Waals surface area contributed by atoms with Gasteiger partial charge < -0.3 is 5.73 Å². The van der Waals surface area contributed by atoms with E-state index in [4.69, 9.17) is 5.73 Å². The maximum absolute atomic E-state index is 5.73. The zero-order valence-electron chi connectivity index (χ0n) is 15.9. The van der Waals surface area contributed by atoms with E-state index in [0.29, 0.717) is 0 Å². The van der Waals surface area contributed by atoms with Crippen LogP contribution >= 0.6 is 0 Å². The van der Waals surface area contributed by atoms with Gasteiger partial charge in [0.1, 0.15) is 0 Å². The van der Waals surface area contributed by atoms with Crippen molar-refractivity contribution in [2.45, 2.75) is 13.8 Å². The van der Waals surface area contributed by atoms with E-state index in [0.717, 1.165) is 5.69 Å². The first-order chi connectivity index (χ1) is 13.1. The van der Waals surface area contributed by atoms with Crippen molar-refractivity contribution in [3.8, 4) is 22.3 Å². The smallest absolute Gasteiger partial charge is 0.0320 e. The molecule has 1 nitrogen and oxygen atoms in total. The highest BCUT2D eigenvalue weighted by atomic mass is 14.5. The molecule has 4 rings (SSSR count). The van der Waals surface area contributed by atoms with Gasteiger partial charge in [-0.05, 0) is 48.2 Å². The molecule has 0 aliphatic rings. The van der Waals surface area contributed by atoms with Crippen LogP contribution in [-0.2, 0) is 0 Å². The lowest BCUT2D eigenvalue weighted by molar-refractivity contribution is 1.47. The first kappa shape index (κ1) is 18.5. The van der Waals surface area contributed by atoms with E-state index in [-0.39, 0.29) is 0 Å². The van der Waals surface area contributed by atoms with Crippen molar-refractivity contribution >= 4 is 5.69 Å². The second-order valence-corrected chi connectivity index (χ2v) is 6.72. The number of hydrogen-bond donors (Lipinski definition) is 1. The van der Waals surface area contributed by atoms with E-state index in [9.17, 15) is 0 Å². The number of benzene rings is 4. The molecular formula is C26H25N. The first-order valence-corrected chi connectivity index (χ1v) is 9.16. The van der Waals surface area contributed by atoms with Gasteiger partial charge in [-0.15, -0.1) is 0 Å². The Morgan fingerprint density at radius 1 is 0.444 bits per heavy atom. The van der Waals surface area contributed by atoms with Crippen LogP contribution in [0.3, 0.4) is 0 Å². The van der Waals surface area contributed by atoms with Gasteiger partial charge in [0.25, 0.3) is 0 Å². The molecule has 0 heterocycles. The van der Waals surface area contributed by atoms with Gasteiger partial charge in [-0.25, -0.2) is 0 Å². The fourth-order valence-corrected chi connectivity index (χ4v) is 2.84. The molecule has 0 spiro atoms. The lowest BCUT2D eigenvalue weighted by atomic mass is 10.0. The summed E-state index contributed by atoms with van der Waals surface area (Å²) in [5, 5.41) is 0. The summed E-state index contributed by atoms with van der Waals surface area (Å²) < 4.78 is 0. The third-order valence-electron chi connectivity index (χ3n) is 4.43. The van der Waals surface area contributed by atoms with Crippen LogP contribution in [0.1, 0.15) is 11.1 Å². The van der Waals surface area contributed by atoms with Gasteiger partial charge in [0.15, 0.2) is 0 Å². The SMILES string of the molecule is Cc1ccc(-c2cccc(N)c2)cc1.Cc1ccc(-c2ccccc2)cc1. The second-order valence-electron chi connectivity index (χ2n) is 6.72. The molecule has 0 radical (unpaired) electrons. The van der Waals surface area contributed by atoms with Gasteiger partial charge in [0, 0.05) is 5.69 Å². The molecule has 0 aromatic heterocycles. The Balaban J connectivity index is 0.000000156. The third kappa shape index (κ3) is 5.32. The van der Waals surface area contributed by atoms with Crippen LogP contribution in [0.5, 0.6) is 0 Å². The van der Waals surface area contributed by atoms with Gasteiger partial charge in [0.05, 0.1) is 0 Å². The Hall–Kier alpha value is -3.32. The summed E-state index contributed by atoms with van der Waals surface area (Å²) in [5.41, 5.74) is 14.1. The molecule has 0 atom stereocenters. The van der Waals surface area contributed by atoms with E-state index in [2.05, 4.69) is 92.7 Å². The lowest BCUT2D eigenvalue weighted by Gasteiger charge is -2.02. The molecule has 0 fully saturated rings. The third-order valence-corrected chi connectivity index (χ3v) is 4.43. The molecule has 4 aromatic carbocycles. The Labute approximate surface area is 162 Å². The fourth-order valence-electron chi connectivity index (χ4n) is 2.84. The maximum Gasteiger partial charge on any atom is 0.0320 e. The molecule has 4 aromatic rings. The van der Waals surface area contributed by atoms with E-state index >= 15 is 0 Å². The molecule has 0 aliphatic heterocycles. The molecule has 0 aliphatic carbocycles. The Morgan fingerprint density at radius 2 is 0.889 bits per heavy atom. The van der Waals surface area contributed by atoms with Crippen LogP contribution in [0.25, 0.3) is 22.3 Å². The largest absolute Gasteiger partial charge is 0.399 e. The van der Waals surface area contributed by atoms with Crippen molar-refractivity contribution in [2.24, 2.45) is 0 Å². The summed E-state index contributed by atoms with van der Waals surface area (Å²) in [4.78, 5) is 0. The van der Waals surface area contributed by atoms with E-state index < -0.39 is 0 Å². The molecule has 0 unspecified atom stereocenters. The summed E-state index contributed by atoms with van der Waals surface area (Å²) in [5.74, 6) is 0. The topological polar surface area (TPSA) is 26.0 Å². The summed E-state index contributed by atoms with van der Waals surface area (Å²) in [6.07, 6.45) is 0. The number of nitrogen functional groups attached to an aromatic ring is 1. The molecule has 0 amide bonds. The molecule has 0 saturated heterocycles. The standard InChI is InChI=1S/C13H13N.C13H12/c1-10-5-7-11(8-6-10)12-3-2-4-13(14)9-12;1-11-7-9-13(10-8-11)12-5-3-2-4-6-12/h2-9H,14H2,1H3;2-10H,1H3. The van der Waals surface area contributed by atoms with Crippen molar-refractivity contribution in [2.75, 3.05) is 5.73 Å². The molecule has 0 bridgehead atoms. The summed E-state index contributed by atoms with van der Waals surface area (Å²) in [6, 6.07) is 35.4. The van der Waals surface area contributed by atoms with Gasteiger partial charge in [-0.1, -0.05) is 102 Å².